The third kappa shape index (κ3) is 3.58. The topological polar surface area (TPSA) is 71.0 Å². The van der Waals surface area contributed by atoms with E-state index in [1.54, 1.807) is 30.9 Å². The van der Waals surface area contributed by atoms with Crippen molar-refractivity contribution < 1.29 is 4.79 Å². The Morgan fingerprint density at radius 1 is 1.27 bits per heavy atom. The van der Waals surface area contributed by atoms with Crippen LogP contribution in [0.1, 0.15) is 18.4 Å². The highest BCUT2D eigenvalue weighted by molar-refractivity contribution is 5.79. The molecule has 1 fully saturated rings. The molecule has 1 aliphatic heterocycles. The molecule has 6 heteroatoms. The van der Waals surface area contributed by atoms with Crippen LogP contribution in [0.5, 0.6) is 0 Å². The number of nitrogens with one attached hydrogen (secondary N) is 1. The summed E-state index contributed by atoms with van der Waals surface area (Å²) >= 11 is 0. The molecule has 0 spiro atoms. The smallest absolute Gasteiger partial charge is 0.225 e. The summed E-state index contributed by atoms with van der Waals surface area (Å²) in [4.78, 5) is 27.0. The predicted octanol–water partition coefficient (Wildman–Crippen LogP) is 1.40. The Morgan fingerprint density at radius 2 is 2.14 bits per heavy atom. The van der Waals surface area contributed by atoms with Crippen molar-refractivity contribution >= 4 is 11.9 Å². The second-order valence-electron chi connectivity index (χ2n) is 5.41. The summed E-state index contributed by atoms with van der Waals surface area (Å²) in [5.41, 5.74) is 1.01. The number of carbonyl (C=O) groups excluding carboxylic acids is 1. The SMILES string of the molecule is O=C(NCc1cccnc1)[C@@H]1CCCN(c2ncccn2)C1. The molecule has 2 aromatic heterocycles. The molecule has 114 valence electrons. The van der Waals surface area contributed by atoms with E-state index in [1.165, 1.54) is 0 Å². The van der Waals surface area contributed by atoms with Crippen LogP contribution in [-0.2, 0) is 11.3 Å². The average molecular weight is 297 g/mol. The van der Waals surface area contributed by atoms with Crippen LogP contribution in [0.25, 0.3) is 0 Å². The zero-order chi connectivity index (χ0) is 15.2. The molecule has 0 bridgehead atoms. The van der Waals surface area contributed by atoms with Gasteiger partial charge in [0, 0.05) is 44.4 Å². The summed E-state index contributed by atoms with van der Waals surface area (Å²) in [6.45, 7) is 2.09. The Labute approximate surface area is 129 Å². The fourth-order valence-corrected chi connectivity index (χ4v) is 2.66. The molecule has 22 heavy (non-hydrogen) atoms. The molecule has 0 aromatic carbocycles. The molecule has 1 saturated heterocycles. The van der Waals surface area contributed by atoms with Gasteiger partial charge in [-0.25, -0.2) is 9.97 Å². The number of aromatic nitrogens is 3. The van der Waals surface area contributed by atoms with Gasteiger partial charge in [0.25, 0.3) is 0 Å². The first-order chi connectivity index (χ1) is 10.8. The molecule has 0 saturated carbocycles. The number of pyridine rings is 1. The summed E-state index contributed by atoms with van der Waals surface area (Å²) in [7, 11) is 0. The van der Waals surface area contributed by atoms with Gasteiger partial charge in [-0.1, -0.05) is 6.07 Å². The second kappa shape index (κ2) is 6.98. The van der Waals surface area contributed by atoms with E-state index >= 15 is 0 Å². The molecule has 0 unspecified atom stereocenters. The number of hydrogen-bond donors (Lipinski definition) is 1. The van der Waals surface area contributed by atoms with Crippen LogP contribution in [-0.4, -0.2) is 33.9 Å². The highest BCUT2D eigenvalue weighted by Gasteiger charge is 2.26. The number of piperidine rings is 1. The minimum Gasteiger partial charge on any atom is -0.352 e. The quantitative estimate of drug-likeness (QED) is 0.924. The minimum absolute atomic E-state index is 0.0192. The van der Waals surface area contributed by atoms with Crippen molar-refractivity contribution in [1.29, 1.82) is 0 Å². The number of rotatable bonds is 4. The first-order valence-corrected chi connectivity index (χ1v) is 7.51. The summed E-state index contributed by atoms with van der Waals surface area (Å²) in [6, 6.07) is 5.63. The van der Waals surface area contributed by atoms with Crippen LogP contribution in [0.2, 0.25) is 0 Å². The standard InChI is InChI=1S/C16H19N5O/c22-15(20-11-13-4-1-6-17-10-13)14-5-2-9-21(12-14)16-18-7-3-8-19-16/h1,3-4,6-8,10,14H,2,5,9,11-12H2,(H,20,22)/t14-/m1/s1. The van der Waals surface area contributed by atoms with Crippen LogP contribution < -0.4 is 10.2 Å². The Balaban J connectivity index is 1.56. The lowest BCUT2D eigenvalue weighted by Gasteiger charge is -2.31. The zero-order valence-electron chi connectivity index (χ0n) is 12.4. The average Bonchev–Trinajstić information content (AvgIpc) is 2.61. The van der Waals surface area contributed by atoms with Gasteiger partial charge >= 0.3 is 0 Å². The maximum atomic E-state index is 12.3. The predicted molar refractivity (Wildman–Crippen MR) is 83.1 cm³/mol. The van der Waals surface area contributed by atoms with Crippen LogP contribution >= 0.6 is 0 Å². The molecule has 6 nitrogen and oxygen atoms in total. The number of anilines is 1. The van der Waals surface area contributed by atoms with Gasteiger partial charge in [0.2, 0.25) is 11.9 Å². The highest BCUT2D eigenvalue weighted by atomic mass is 16.1. The van der Waals surface area contributed by atoms with E-state index in [9.17, 15) is 4.79 Å². The summed E-state index contributed by atoms with van der Waals surface area (Å²) in [5.74, 6) is 0.769. The third-order valence-corrected chi connectivity index (χ3v) is 3.82. The van der Waals surface area contributed by atoms with Gasteiger partial charge in [0.15, 0.2) is 0 Å². The Hall–Kier alpha value is -2.50. The lowest BCUT2D eigenvalue weighted by Crippen LogP contribution is -2.43. The van der Waals surface area contributed by atoms with E-state index in [1.807, 2.05) is 12.1 Å². The van der Waals surface area contributed by atoms with Gasteiger partial charge in [-0.05, 0) is 30.5 Å². The highest BCUT2D eigenvalue weighted by Crippen LogP contribution is 2.20. The van der Waals surface area contributed by atoms with Gasteiger partial charge in [-0.3, -0.25) is 9.78 Å². The van der Waals surface area contributed by atoms with Gasteiger partial charge in [-0.15, -0.1) is 0 Å². The van der Waals surface area contributed by atoms with Gasteiger partial charge in [-0.2, -0.15) is 0 Å². The molecule has 1 atom stereocenters. The Morgan fingerprint density at radius 3 is 2.91 bits per heavy atom. The molecule has 1 aliphatic rings. The second-order valence-corrected chi connectivity index (χ2v) is 5.41. The number of hydrogen-bond acceptors (Lipinski definition) is 5. The van der Waals surface area contributed by atoms with Crippen LogP contribution in [0.3, 0.4) is 0 Å². The fourth-order valence-electron chi connectivity index (χ4n) is 2.66. The monoisotopic (exact) mass is 297 g/mol. The van der Waals surface area contributed by atoms with Crippen molar-refractivity contribution in [2.24, 2.45) is 5.92 Å². The third-order valence-electron chi connectivity index (χ3n) is 3.82. The van der Waals surface area contributed by atoms with Gasteiger partial charge in [0.05, 0.1) is 5.92 Å². The summed E-state index contributed by atoms with van der Waals surface area (Å²) in [5, 5.41) is 2.99. The largest absolute Gasteiger partial charge is 0.352 e. The molecule has 1 N–H and O–H groups in total. The molecule has 0 aliphatic carbocycles. The number of carbonyl (C=O) groups is 1. The molecular weight excluding hydrogens is 278 g/mol. The molecule has 2 aromatic rings. The Kier molecular flexibility index (Phi) is 4.58. The maximum absolute atomic E-state index is 12.3. The van der Waals surface area contributed by atoms with E-state index in [4.69, 9.17) is 0 Å². The normalized spacial score (nSPS) is 18.0. The van der Waals surface area contributed by atoms with E-state index < -0.39 is 0 Å². The maximum Gasteiger partial charge on any atom is 0.225 e. The van der Waals surface area contributed by atoms with Crippen molar-refractivity contribution in [2.75, 3.05) is 18.0 Å². The van der Waals surface area contributed by atoms with E-state index in [2.05, 4.69) is 25.2 Å². The van der Waals surface area contributed by atoms with E-state index in [-0.39, 0.29) is 11.8 Å². The van der Waals surface area contributed by atoms with Crippen LogP contribution in [0.4, 0.5) is 5.95 Å². The first kappa shape index (κ1) is 14.4. The first-order valence-electron chi connectivity index (χ1n) is 7.51. The Bertz CT molecular complexity index is 604. The van der Waals surface area contributed by atoms with Gasteiger partial charge in [0.1, 0.15) is 0 Å². The summed E-state index contributed by atoms with van der Waals surface area (Å²) < 4.78 is 0. The van der Waals surface area contributed by atoms with Gasteiger partial charge < -0.3 is 10.2 Å². The molecule has 3 heterocycles. The van der Waals surface area contributed by atoms with Crippen molar-refractivity contribution in [2.45, 2.75) is 19.4 Å². The molecule has 1 amide bonds. The molecular formula is C16H19N5O. The molecule has 3 rings (SSSR count). The minimum atomic E-state index is -0.0192. The number of amides is 1. The van der Waals surface area contributed by atoms with Crippen molar-refractivity contribution in [3.05, 3.63) is 48.5 Å². The zero-order valence-corrected chi connectivity index (χ0v) is 12.4. The van der Waals surface area contributed by atoms with E-state index in [0.717, 1.165) is 24.9 Å². The van der Waals surface area contributed by atoms with Crippen molar-refractivity contribution in [3.63, 3.8) is 0 Å². The van der Waals surface area contributed by atoms with E-state index in [0.29, 0.717) is 19.0 Å². The lowest BCUT2D eigenvalue weighted by atomic mass is 9.97. The lowest BCUT2D eigenvalue weighted by molar-refractivity contribution is -0.125. The van der Waals surface area contributed by atoms with Crippen LogP contribution in [0, 0.1) is 5.92 Å². The van der Waals surface area contributed by atoms with Crippen molar-refractivity contribution in [3.8, 4) is 0 Å². The van der Waals surface area contributed by atoms with Crippen LogP contribution in [0.15, 0.2) is 43.0 Å². The fraction of sp³-hybridized carbons (Fsp3) is 0.375. The number of nitrogens with zero attached hydrogens (tertiary/aromatic N) is 4. The molecule has 0 radical (unpaired) electrons. The summed E-state index contributed by atoms with van der Waals surface area (Å²) in [6.07, 6.45) is 8.84. The van der Waals surface area contributed by atoms with Crippen molar-refractivity contribution in [1.82, 2.24) is 20.3 Å².